The number of amides is 3. The number of hydrogen-bond acceptors (Lipinski definition) is 7. The van der Waals surface area contributed by atoms with Crippen LogP contribution in [0.1, 0.15) is 6.92 Å². The lowest BCUT2D eigenvalue weighted by Gasteiger charge is -2.19. The van der Waals surface area contributed by atoms with Crippen LogP contribution in [-0.4, -0.2) is 38.3 Å². The summed E-state index contributed by atoms with van der Waals surface area (Å²) in [6.07, 6.45) is -1.88. The molecule has 0 heterocycles. The SMILES string of the molecule is COC(=O)N=C(NC(=O)OC)Nc1cc(Oc2ccccc2)cc(NC(C)=O)c1Oc1ccccc1. The Bertz CT molecular complexity index is 1250. The molecule has 3 N–H and O–H groups in total. The third-order valence-electron chi connectivity index (χ3n) is 4.35. The number of alkyl carbamates (subject to hydrolysis) is 1. The van der Waals surface area contributed by atoms with Gasteiger partial charge < -0.3 is 29.6 Å². The van der Waals surface area contributed by atoms with Gasteiger partial charge in [0.1, 0.15) is 17.2 Å². The van der Waals surface area contributed by atoms with Crippen LogP contribution in [0.4, 0.5) is 21.0 Å². The van der Waals surface area contributed by atoms with Crippen LogP contribution in [0.3, 0.4) is 0 Å². The summed E-state index contributed by atoms with van der Waals surface area (Å²) in [7, 11) is 2.28. The summed E-state index contributed by atoms with van der Waals surface area (Å²) in [5.74, 6) is 0.759. The summed E-state index contributed by atoms with van der Waals surface area (Å²) >= 11 is 0. The molecule has 0 bridgehead atoms. The van der Waals surface area contributed by atoms with Gasteiger partial charge >= 0.3 is 12.2 Å². The van der Waals surface area contributed by atoms with Crippen molar-refractivity contribution in [3.63, 3.8) is 0 Å². The van der Waals surface area contributed by atoms with Gasteiger partial charge in [0.25, 0.3) is 0 Å². The fraction of sp³-hybridized carbons (Fsp3) is 0.120. The van der Waals surface area contributed by atoms with Crippen LogP contribution < -0.4 is 25.4 Å². The van der Waals surface area contributed by atoms with Gasteiger partial charge in [-0.1, -0.05) is 36.4 Å². The van der Waals surface area contributed by atoms with Crippen molar-refractivity contribution >= 4 is 35.4 Å². The largest absolute Gasteiger partial charge is 0.457 e. The highest BCUT2D eigenvalue weighted by molar-refractivity contribution is 6.07. The first-order valence-corrected chi connectivity index (χ1v) is 10.6. The molecule has 3 aromatic carbocycles. The van der Waals surface area contributed by atoms with Crippen LogP contribution in [0.2, 0.25) is 0 Å². The van der Waals surface area contributed by atoms with E-state index in [1.54, 1.807) is 60.7 Å². The smallest absolute Gasteiger partial charge is 0.436 e. The number of ether oxygens (including phenoxy) is 4. The van der Waals surface area contributed by atoms with Crippen LogP contribution in [0.25, 0.3) is 0 Å². The van der Waals surface area contributed by atoms with Crippen molar-refractivity contribution in [3.8, 4) is 23.0 Å². The molecular weight excluding hydrogens is 468 g/mol. The molecule has 0 spiro atoms. The molecule has 3 rings (SSSR count). The highest BCUT2D eigenvalue weighted by Crippen LogP contribution is 2.41. The van der Waals surface area contributed by atoms with Gasteiger partial charge in [-0.15, -0.1) is 4.99 Å². The van der Waals surface area contributed by atoms with Crippen molar-refractivity contribution in [1.29, 1.82) is 0 Å². The van der Waals surface area contributed by atoms with Crippen LogP contribution in [0, 0.1) is 0 Å². The number of anilines is 2. The van der Waals surface area contributed by atoms with Crippen LogP contribution in [0.5, 0.6) is 23.0 Å². The summed E-state index contributed by atoms with van der Waals surface area (Å²) < 4.78 is 21.2. The molecule has 0 saturated heterocycles. The van der Waals surface area contributed by atoms with Crippen molar-refractivity contribution in [2.75, 3.05) is 24.9 Å². The Hall–Kier alpha value is -5.06. The molecule has 3 aromatic rings. The van der Waals surface area contributed by atoms with E-state index in [-0.39, 0.29) is 29.0 Å². The second-order valence-electron chi connectivity index (χ2n) is 7.03. The number of benzene rings is 3. The Kier molecular flexibility index (Phi) is 8.82. The zero-order valence-corrected chi connectivity index (χ0v) is 19.7. The number of para-hydroxylation sites is 2. The van der Waals surface area contributed by atoms with E-state index in [1.165, 1.54) is 6.92 Å². The van der Waals surface area contributed by atoms with Gasteiger partial charge in [0, 0.05) is 19.1 Å². The molecule has 0 saturated carbocycles. The van der Waals surface area contributed by atoms with Crippen LogP contribution >= 0.6 is 0 Å². The molecule has 11 nitrogen and oxygen atoms in total. The second-order valence-corrected chi connectivity index (χ2v) is 7.03. The Labute approximate surface area is 207 Å². The number of aliphatic imine (C=N–C) groups is 1. The van der Waals surface area contributed by atoms with Crippen molar-refractivity contribution in [2.45, 2.75) is 6.92 Å². The van der Waals surface area contributed by atoms with Crippen molar-refractivity contribution in [2.24, 2.45) is 4.99 Å². The zero-order valence-electron chi connectivity index (χ0n) is 19.7. The van der Waals surface area contributed by atoms with E-state index in [2.05, 4.69) is 30.4 Å². The number of carbonyl (C=O) groups is 3. The van der Waals surface area contributed by atoms with Crippen LogP contribution in [0.15, 0.2) is 77.8 Å². The van der Waals surface area contributed by atoms with Gasteiger partial charge in [-0.3, -0.25) is 10.1 Å². The molecular formula is C25H24N4O7. The first kappa shape index (κ1) is 25.6. The lowest BCUT2D eigenvalue weighted by molar-refractivity contribution is -0.114. The minimum absolute atomic E-state index is 0.154. The minimum Gasteiger partial charge on any atom is -0.457 e. The lowest BCUT2D eigenvalue weighted by Crippen LogP contribution is -2.36. The van der Waals surface area contributed by atoms with Gasteiger partial charge in [-0.25, -0.2) is 9.59 Å². The molecule has 3 amide bonds. The number of hydrogen-bond donors (Lipinski definition) is 3. The maximum Gasteiger partial charge on any atom is 0.436 e. The highest BCUT2D eigenvalue weighted by Gasteiger charge is 2.19. The molecule has 0 aliphatic heterocycles. The van der Waals surface area contributed by atoms with Gasteiger partial charge in [0.05, 0.1) is 25.6 Å². The van der Waals surface area contributed by atoms with E-state index >= 15 is 0 Å². The molecule has 0 atom stereocenters. The van der Waals surface area contributed by atoms with Crippen molar-refractivity contribution in [1.82, 2.24) is 5.32 Å². The fourth-order valence-corrected chi connectivity index (χ4v) is 2.88. The van der Waals surface area contributed by atoms with E-state index in [1.807, 2.05) is 12.1 Å². The van der Waals surface area contributed by atoms with Crippen molar-refractivity contribution < 1.29 is 33.3 Å². The molecule has 186 valence electrons. The number of nitrogens with zero attached hydrogens (tertiary/aromatic N) is 1. The standard InChI is InChI=1S/C25H24N4O7/c1-16(30)26-20-14-19(35-17-10-6-4-7-11-17)15-21(22(20)36-18-12-8-5-9-13-18)27-23(28-24(31)33-2)29-25(32)34-3/h4-15H,1-3H3,(H,26,30)(H2,27,28,29,31,32). The summed E-state index contributed by atoms with van der Waals surface area (Å²) in [4.78, 5) is 39.4. The van der Waals surface area contributed by atoms with E-state index in [4.69, 9.17) is 9.47 Å². The van der Waals surface area contributed by atoms with Gasteiger partial charge in [-0.2, -0.15) is 0 Å². The Morgan fingerprint density at radius 1 is 0.722 bits per heavy atom. The highest BCUT2D eigenvalue weighted by atomic mass is 16.5. The monoisotopic (exact) mass is 492 g/mol. The molecule has 0 aromatic heterocycles. The molecule has 0 aliphatic carbocycles. The number of carbonyl (C=O) groups excluding carboxylic acids is 3. The van der Waals surface area contributed by atoms with Gasteiger partial charge in [0.15, 0.2) is 5.75 Å². The minimum atomic E-state index is -0.988. The molecule has 0 fully saturated rings. The van der Waals surface area contributed by atoms with E-state index in [0.717, 1.165) is 14.2 Å². The summed E-state index contributed by atoms with van der Waals surface area (Å²) in [5.41, 5.74) is 0.438. The van der Waals surface area contributed by atoms with Gasteiger partial charge in [0.2, 0.25) is 11.9 Å². The van der Waals surface area contributed by atoms with Gasteiger partial charge in [-0.05, 0) is 24.3 Å². The normalized spacial score (nSPS) is 10.6. The molecule has 0 radical (unpaired) electrons. The first-order chi connectivity index (χ1) is 17.4. The Balaban J connectivity index is 2.13. The molecule has 0 unspecified atom stereocenters. The maximum atomic E-state index is 12.0. The molecule has 11 heteroatoms. The maximum absolute atomic E-state index is 12.0. The van der Waals surface area contributed by atoms with E-state index < -0.39 is 12.2 Å². The number of nitrogens with one attached hydrogen (secondary N) is 3. The lowest BCUT2D eigenvalue weighted by atomic mass is 10.2. The van der Waals surface area contributed by atoms with Crippen molar-refractivity contribution in [3.05, 3.63) is 72.8 Å². The Morgan fingerprint density at radius 2 is 1.28 bits per heavy atom. The fourth-order valence-electron chi connectivity index (χ4n) is 2.88. The molecule has 0 aliphatic rings. The summed E-state index contributed by atoms with van der Waals surface area (Å²) in [6, 6.07) is 20.9. The predicted octanol–water partition coefficient (Wildman–Crippen LogP) is 5.12. The summed E-state index contributed by atoms with van der Waals surface area (Å²) in [6.45, 7) is 1.34. The van der Waals surface area contributed by atoms with E-state index in [0.29, 0.717) is 17.2 Å². The second kappa shape index (κ2) is 12.4. The zero-order chi connectivity index (χ0) is 25.9. The molecule has 36 heavy (non-hydrogen) atoms. The predicted molar refractivity (Wildman–Crippen MR) is 133 cm³/mol. The average molecular weight is 492 g/mol. The Morgan fingerprint density at radius 3 is 1.81 bits per heavy atom. The third-order valence-corrected chi connectivity index (χ3v) is 4.35. The first-order valence-electron chi connectivity index (χ1n) is 10.6. The van der Waals surface area contributed by atoms with Crippen LogP contribution in [-0.2, 0) is 14.3 Å². The number of methoxy groups -OCH3 is 2. The topological polar surface area (TPSA) is 137 Å². The quantitative estimate of drug-likeness (QED) is 0.319. The summed E-state index contributed by atoms with van der Waals surface area (Å²) in [5, 5.41) is 7.82. The number of rotatable bonds is 6. The number of guanidine groups is 1. The third kappa shape index (κ3) is 7.48. The van der Waals surface area contributed by atoms with E-state index in [9.17, 15) is 14.4 Å². The average Bonchev–Trinajstić information content (AvgIpc) is 2.86.